The molecule has 0 saturated heterocycles. The third-order valence-electron chi connectivity index (χ3n) is 5.02. The number of primary amides is 1. The fourth-order valence-corrected chi connectivity index (χ4v) is 4.13. The summed E-state index contributed by atoms with van der Waals surface area (Å²) in [7, 11) is 6.13. The van der Waals surface area contributed by atoms with Gasteiger partial charge in [-0.05, 0) is 41.4 Å². The van der Waals surface area contributed by atoms with E-state index in [1.165, 1.54) is 18.6 Å². The molecule has 0 aliphatic carbocycles. The van der Waals surface area contributed by atoms with Crippen molar-refractivity contribution in [3.8, 4) is 44.6 Å². The number of hydrogen-bond acceptors (Lipinski definition) is 9. The maximum absolute atomic E-state index is 12.5. The minimum atomic E-state index is -1.08. The number of carbonyl (C=O) groups is 2. The summed E-state index contributed by atoms with van der Waals surface area (Å²) in [6.07, 6.45) is 1.46. The van der Waals surface area contributed by atoms with Gasteiger partial charge in [0.25, 0.3) is 0 Å². The molecule has 11 heteroatoms. The van der Waals surface area contributed by atoms with Gasteiger partial charge in [0.05, 0.1) is 51.5 Å². The molecule has 3 aromatic rings. The number of nitrogens with one attached hydrogen (secondary N) is 1. The zero-order chi connectivity index (χ0) is 24.8. The molecule has 0 aliphatic heterocycles. The molecule has 180 valence electrons. The molecule has 34 heavy (non-hydrogen) atoms. The highest BCUT2D eigenvalue weighted by Gasteiger charge is 2.21. The summed E-state index contributed by atoms with van der Waals surface area (Å²) in [5.74, 6) is 0.734. The molecule has 2 aromatic carbocycles. The van der Waals surface area contributed by atoms with Crippen molar-refractivity contribution in [1.29, 1.82) is 0 Å². The number of ether oxygens (including phenoxy) is 4. The van der Waals surface area contributed by atoms with Crippen LogP contribution in [0.3, 0.4) is 0 Å². The number of nitrogens with zero attached hydrogens (tertiary/aromatic N) is 1. The summed E-state index contributed by atoms with van der Waals surface area (Å²) in [6.45, 7) is 0. The Bertz CT molecular complexity index is 1170. The van der Waals surface area contributed by atoms with E-state index in [9.17, 15) is 9.59 Å². The van der Waals surface area contributed by atoms with Crippen molar-refractivity contribution in [3.05, 3.63) is 36.5 Å². The predicted octanol–water partition coefficient (Wildman–Crippen LogP) is 2.65. The predicted molar refractivity (Wildman–Crippen MR) is 130 cm³/mol. The van der Waals surface area contributed by atoms with Crippen LogP contribution >= 0.6 is 11.5 Å². The summed E-state index contributed by atoms with van der Waals surface area (Å²) >= 11 is 1.30. The molecule has 10 nitrogen and oxygen atoms in total. The van der Waals surface area contributed by atoms with Crippen molar-refractivity contribution >= 4 is 29.0 Å². The van der Waals surface area contributed by atoms with Gasteiger partial charge < -0.3 is 35.7 Å². The van der Waals surface area contributed by atoms with E-state index in [0.717, 1.165) is 21.6 Å². The Labute approximate surface area is 200 Å². The molecule has 0 fully saturated rings. The number of benzene rings is 2. The maximum atomic E-state index is 12.5. The van der Waals surface area contributed by atoms with Crippen molar-refractivity contribution < 1.29 is 28.5 Å². The molecule has 2 amide bonds. The normalized spacial score (nSPS) is 11.4. The van der Waals surface area contributed by atoms with Crippen LogP contribution in [-0.4, -0.2) is 50.7 Å². The van der Waals surface area contributed by atoms with Gasteiger partial charge in [-0.25, -0.2) is 0 Å². The van der Waals surface area contributed by atoms with E-state index in [0.29, 0.717) is 28.7 Å². The lowest BCUT2D eigenvalue weighted by atomic mass is 10.0. The SMILES string of the molecule is COc1ccc(-c2cnsc2-c2cc(OC)c(OC)c(OC)c2)cc1NC(=O)[C@H](N)CC(N)=O. The van der Waals surface area contributed by atoms with Gasteiger partial charge >= 0.3 is 0 Å². The summed E-state index contributed by atoms with van der Waals surface area (Å²) < 4.78 is 26.1. The molecule has 5 N–H and O–H groups in total. The van der Waals surface area contributed by atoms with Crippen LogP contribution in [-0.2, 0) is 9.59 Å². The van der Waals surface area contributed by atoms with Crippen LogP contribution in [0.4, 0.5) is 5.69 Å². The van der Waals surface area contributed by atoms with E-state index >= 15 is 0 Å². The maximum Gasteiger partial charge on any atom is 0.241 e. The Kier molecular flexibility index (Phi) is 7.92. The Balaban J connectivity index is 2.02. The Morgan fingerprint density at radius 1 is 0.971 bits per heavy atom. The number of hydrogen-bond donors (Lipinski definition) is 3. The van der Waals surface area contributed by atoms with Gasteiger partial charge in [0.15, 0.2) is 11.5 Å². The van der Waals surface area contributed by atoms with Crippen LogP contribution in [0, 0.1) is 0 Å². The number of carbonyl (C=O) groups excluding carboxylic acids is 2. The van der Waals surface area contributed by atoms with E-state index in [1.54, 1.807) is 39.7 Å². The van der Waals surface area contributed by atoms with Crippen LogP contribution in [0.2, 0.25) is 0 Å². The van der Waals surface area contributed by atoms with Gasteiger partial charge in [-0.2, -0.15) is 4.37 Å². The van der Waals surface area contributed by atoms with Crippen LogP contribution in [0.5, 0.6) is 23.0 Å². The summed E-state index contributed by atoms with van der Waals surface area (Å²) in [4.78, 5) is 24.4. The fraction of sp³-hybridized carbons (Fsp3) is 0.261. The van der Waals surface area contributed by atoms with E-state index < -0.39 is 17.9 Å². The molecule has 0 spiro atoms. The molecule has 1 atom stereocenters. The molecule has 0 saturated carbocycles. The molecular formula is C23H26N4O6S. The Hall–Kier alpha value is -3.83. The lowest BCUT2D eigenvalue weighted by Gasteiger charge is -2.16. The second-order valence-electron chi connectivity index (χ2n) is 7.16. The third-order valence-corrected chi connectivity index (χ3v) is 5.87. The number of methoxy groups -OCH3 is 4. The molecule has 0 radical (unpaired) electrons. The van der Waals surface area contributed by atoms with Crippen molar-refractivity contribution in [2.24, 2.45) is 11.5 Å². The van der Waals surface area contributed by atoms with Crippen LogP contribution in [0.25, 0.3) is 21.6 Å². The molecule has 1 aromatic heterocycles. The second kappa shape index (κ2) is 10.9. The van der Waals surface area contributed by atoms with Gasteiger partial charge in [-0.1, -0.05) is 6.07 Å². The second-order valence-corrected chi connectivity index (χ2v) is 7.97. The van der Waals surface area contributed by atoms with Crippen molar-refractivity contribution in [1.82, 2.24) is 4.37 Å². The van der Waals surface area contributed by atoms with Gasteiger partial charge in [-0.15, -0.1) is 0 Å². The number of aromatic nitrogens is 1. The zero-order valence-electron chi connectivity index (χ0n) is 19.2. The van der Waals surface area contributed by atoms with Crippen molar-refractivity contribution in [3.63, 3.8) is 0 Å². The van der Waals surface area contributed by atoms with Crippen molar-refractivity contribution in [2.75, 3.05) is 33.8 Å². The third kappa shape index (κ3) is 5.21. The first kappa shape index (κ1) is 24.8. The monoisotopic (exact) mass is 486 g/mol. The van der Waals surface area contributed by atoms with Gasteiger partial charge in [0.1, 0.15) is 5.75 Å². The molecule has 0 bridgehead atoms. The molecular weight excluding hydrogens is 460 g/mol. The minimum Gasteiger partial charge on any atom is -0.495 e. The summed E-state index contributed by atoms with van der Waals surface area (Å²) in [5.41, 5.74) is 13.7. The van der Waals surface area contributed by atoms with Crippen molar-refractivity contribution in [2.45, 2.75) is 12.5 Å². The highest BCUT2D eigenvalue weighted by molar-refractivity contribution is 7.10. The summed E-state index contributed by atoms with van der Waals surface area (Å²) in [6, 6.07) is 7.92. The summed E-state index contributed by atoms with van der Waals surface area (Å²) in [5, 5.41) is 2.71. The smallest absolute Gasteiger partial charge is 0.241 e. The number of anilines is 1. The highest BCUT2D eigenvalue weighted by Crippen LogP contribution is 2.45. The lowest BCUT2D eigenvalue weighted by molar-refractivity contribution is -0.123. The average molecular weight is 487 g/mol. The Morgan fingerprint density at radius 2 is 1.62 bits per heavy atom. The van der Waals surface area contributed by atoms with Crippen LogP contribution < -0.4 is 35.7 Å². The van der Waals surface area contributed by atoms with E-state index in [2.05, 4.69) is 9.69 Å². The molecule has 0 aliphatic rings. The van der Waals surface area contributed by atoms with Gasteiger partial charge in [0, 0.05) is 17.3 Å². The number of amides is 2. The van der Waals surface area contributed by atoms with Crippen LogP contribution in [0.1, 0.15) is 6.42 Å². The zero-order valence-corrected chi connectivity index (χ0v) is 20.0. The first-order valence-corrected chi connectivity index (χ1v) is 10.9. The number of nitrogens with two attached hydrogens (primary N) is 2. The molecule has 1 heterocycles. The molecule has 3 rings (SSSR count). The fourth-order valence-electron chi connectivity index (χ4n) is 3.37. The molecule has 0 unspecified atom stereocenters. The topological polar surface area (TPSA) is 148 Å². The largest absolute Gasteiger partial charge is 0.495 e. The Morgan fingerprint density at radius 3 is 2.18 bits per heavy atom. The standard InChI is InChI=1S/C23H26N4O6S/c1-30-17-6-5-12(7-16(17)27-23(29)15(24)10-20(25)28)14-11-26-34-22(14)13-8-18(31-2)21(33-4)19(9-13)32-3/h5-9,11,15H,10,24H2,1-4H3,(H2,25,28)(H,27,29)/t15-/m1/s1. The van der Waals surface area contributed by atoms with E-state index in [4.69, 9.17) is 30.4 Å². The first-order chi connectivity index (χ1) is 16.3. The first-order valence-electron chi connectivity index (χ1n) is 10.1. The van der Waals surface area contributed by atoms with E-state index in [1.807, 2.05) is 18.2 Å². The van der Waals surface area contributed by atoms with Gasteiger partial charge in [0.2, 0.25) is 17.6 Å². The van der Waals surface area contributed by atoms with Gasteiger partial charge in [-0.3, -0.25) is 9.59 Å². The lowest BCUT2D eigenvalue weighted by Crippen LogP contribution is -2.39. The number of rotatable bonds is 10. The highest BCUT2D eigenvalue weighted by atomic mass is 32.1. The van der Waals surface area contributed by atoms with E-state index in [-0.39, 0.29) is 6.42 Å². The minimum absolute atomic E-state index is 0.270. The quantitative estimate of drug-likeness (QED) is 0.396. The average Bonchev–Trinajstić information content (AvgIpc) is 3.32. The van der Waals surface area contributed by atoms with Crippen LogP contribution in [0.15, 0.2) is 36.5 Å².